The van der Waals surface area contributed by atoms with E-state index in [9.17, 15) is 0 Å². The molecule has 0 aliphatic rings. The topological polar surface area (TPSA) is 3.24 Å². The van der Waals surface area contributed by atoms with Crippen LogP contribution in [-0.2, 0) is 0 Å². The van der Waals surface area contributed by atoms with Crippen LogP contribution < -0.4 is 26.5 Å². The Balaban J connectivity index is 1.59. The van der Waals surface area contributed by atoms with Crippen molar-refractivity contribution in [2.24, 2.45) is 0 Å². The molecule has 0 aliphatic carbocycles. The van der Waals surface area contributed by atoms with Crippen LogP contribution in [-0.4, -0.2) is 11.2 Å². The third kappa shape index (κ3) is 5.25. The van der Waals surface area contributed by atoms with Crippen LogP contribution in [0, 0.1) is 0 Å². The van der Waals surface area contributed by atoms with Gasteiger partial charge in [0.15, 0.2) is 0 Å². The third-order valence-corrected chi connectivity index (χ3v) is 11.8. The van der Waals surface area contributed by atoms with Gasteiger partial charge in [-0.05, 0) is 41.7 Å². The van der Waals surface area contributed by atoms with Crippen LogP contribution in [0.4, 0.5) is 0 Å². The van der Waals surface area contributed by atoms with Gasteiger partial charge in [0.2, 0.25) is 0 Å². The summed E-state index contributed by atoms with van der Waals surface area (Å²) in [7, 11) is -1.30. The lowest BCUT2D eigenvalue weighted by molar-refractivity contribution is 0.394. The highest BCUT2D eigenvalue weighted by molar-refractivity contribution is 7.80. The molecule has 0 unspecified atom stereocenters. The largest absolute Gasteiger partial charge is 0.279 e. The summed E-state index contributed by atoms with van der Waals surface area (Å²) >= 11 is 0. The predicted octanol–water partition coefficient (Wildman–Crippen LogP) is 6.59. The number of hydrogen-bond acceptors (Lipinski definition) is 1. The van der Waals surface area contributed by atoms with Gasteiger partial charge >= 0.3 is 0 Å². The van der Waals surface area contributed by atoms with Gasteiger partial charge in [0, 0.05) is 8.07 Å². The molecule has 1 nitrogen and oxygen atoms in total. The Labute approximate surface area is 218 Å². The molecule has 0 aliphatic heterocycles. The smallest absolute Gasteiger partial charge is 0.0277 e. The minimum atomic E-state index is -0.658. The van der Waals surface area contributed by atoms with E-state index in [0.29, 0.717) is 0 Å². The first-order chi connectivity index (χ1) is 17.8. The van der Waals surface area contributed by atoms with E-state index in [4.69, 9.17) is 0 Å². The Kier molecular flexibility index (Phi) is 8.15. The third-order valence-electron chi connectivity index (χ3n) is 6.57. The molecular weight excluding hydrogens is 472 g/mol. The van der Waals surface area contributed by atoms with Gasteiger partial charge in [0.05, 0.1) is 0 Å². The Hall–Kier alpha value is -2.95. The average Bonchev–Trinajstić information content (AvgIpc) is 3.43. The first-order valence-electron chi connectivity index (χ1n) is 12.6. The molecular formula is C33H32NP2-. The molecule has 180 valence electrons. The summed E-state index contributed by atoms with van der Waals surface area (Å²) in [5.74, 6) is 0. The van der Waals surface area contributed by atoms with Crippen molar-refractivity contribution in [3.8, 4) is 0 Å². The second-order valence-corrected chi connectivity index (χ2v) is 13.1. The molecule has 5 aromatic carbocycles. The van der Waals surface area contributed by atoms with Crippen molar-refractivity contribution in [1.82, 2.24) is 4.67 Å². The highest BCUT2D eigenvalue weighted by Crippen LogP contribution is 2.46. The first kappa shape index (κ1) is 24.7. The van der Waals surface area contributed by atoms with Crippen molar-refractivity contribution in [3.05, 3.63) is 145 Å². The Morgan fingerprint density at radius 2 is 1.00 bits per heavy atom. The fourth-order valence-corrected chi connectivity index (χ4v) is 10.00. The van der Waals surface area contributed by atoms with Crippen molar-refractivity contribution in [1.29, 1.82) is 0 Å². The molecule has 0 spiro atoms. The summed E-state index contributed by atoms with van der Waals surface area (Å²) in [6.07, 6.45) is 0. The lowest BCUT2D eigenvalue weighted by Crippen LogP contribution is -2.33. The van der Waals surface area contributed by atoms with Gasteiger partial charge < -0.3 is 0 Å². The zero-order chi connectivity index (χ0) is 24.7. The highest BCUT2D eigenvalue weighted by Gasteiger charge is 2.27. The minimum Gasteiger partial charge on any atom is -0.279 e. The number of hydrogen-bond donors (Lipinski definition) is 0. The molecule has 0 fully saturated rings. The molecule has 5 aromatic rings. The zero-order valence-electron chi connectivity index (χ0n) is 20.9. The van der Waals surface area contributed by atoms with E-state index in [-0.39, 0.29) is 6.04 Å². The van der Waals surface area contributed by atoms with Crippen LogP contribution in [0.25, 0.3) is 0 Å². The second kappa shape index (κ2) is 11.9. The number of rotatable bonds is 9. The van der Waals surface area contributed by atoms with Crippen LogP contribution in [0.5, 0.6) is 0 Å². The van der Waals surface area contributed by atoms with Crippen molar-refractivity contribution < 1.29 is 0 Å². The van der Waals surface area contributed by atoms with Crippen LogP contribution >= 0.6 is 16.0 Å². The molecule has 1 atom stereocenters. The fourth-order valence-electron chi connectivity index (χ4n) is 4.90. The van der Waals surface area contributed by atoms with E-state index in [1.165, 1.54) is 32.1 Å². The van der Waals surface area contributed by atoms with Crippen LogP contribution in [0.2, 0.25) is 0 Å². The summed E-state index contributed by atoms with van der Waals surface area (Å²) in [6.45, 7) is 5.68. The van der Waals surface area contributed by atoms with E-state index >= 15 is 0 Å². The van der Waals surface area contributed by atoms with Crippen LogP contribution in [0.3, 0.4) is 0 Å². The lowest BCUT2D eigenvalue weighted by Gasteiger charge is -2.40. The molecule has 0 radical (unpaired) electrons. The Morgan fingerprint density at radius 3 is 1.42 bits per heavy atom. The van der Waals surface area contributed by atoms with Gasteiger partial charge in [0.1, 0.15) is 0 Å². The maximum Gasteiger partial charge on any atom is 0.0277 e. The summed E-state index contributed by atoms with van der Waals surface area (Å²) in [6, 6.07) is 51.4. The monoisotopic (exact) mass is 504 g/mol. The molecule has 5 rings (SSSR count). The summed E-state index contributed by atoms with van der Waals surface area (Å²) < 4.78 is 2.71. The second-order valence-electron chi connectivity index (χ2n) is 8.79. The van der Waals surface area contributed by atoms with Crippen LogP contribution in [0.15, 0.2) is 140 Å². The van der Waals surface area contributed by atoms with E-state index in [0.717, 1.165) is 6.54 Å². The van der Waals surface area contributed by atoms with Gasteiger partial charge in [-0.25, -0.2) is 12.1 Å². The minimum absolute atomic E-state index is 0.281. The molecule has 0 saturated heterocycles. The van der Waals surface area contributed by atoms with Gasteiger partial charge in [-0.3, -0.25) is 4.67 Å². The lowest BCUT2D eigenvalue weighted by atomic mass is 10.2. The predicted molar refractivity (Wildman–Crippen MR) is 161 cm³/mol. The van der Waals surface area contributed by atoms with Gasteiger partial charge in [0.25, 0.3) is 0 Å². The molecule has 0 aromatic heterocycles. The van der Waals surface area contributed by atoms with Gasteiger partial charge in [-0.1, -0.05) is 135 Å². The number of benzene rings is 4. The standard InChI is InChI=1S/C33H32NP2/c1-3-34(36(30-21-12-6-13-22-30)31-23-14-7-15-24-31)27(2)32-25-16-26-33(32)35(28-17-8-4-9-18-28)29-19-10-5-11-20-29/h4-27H,3H2,1-2H3/q-1/t27-/m1/s1. The summed E-state index contributed by atoms with van der Waals surface area (Å²) in [5, 5.41) is 7.05. The molecule has 3 heteroatoms. The summed E-state index contributed by atoms with van der Waals surface area (Å²) in [4.78, 5) is 0. The molecule has 0 saturated carbocycles. The molecule has 0 N–H and O–H groups in total. The van der Waals surface area contributed by atoms with E-state index in [2.05, 4.69) is 158 Å². The molecule has 36 heavy (non-hydrogen) atoms. The van der Waals surface area contributed by atoms with Crippen LogP contribution in [0.1, 0.15) is 25.5 Å². The maximum absolute atomic E-state index is 2.71. The van der Waals surface area contributed by atoms with Crippen molar-refractivity contribution in [2.75, 3.05) is 6.54 Å². The Bertz CT molecular complexity index is 1250. The SMILES string of the molecule is CCN([C@H](C)[c-]1cccc1P(c1ccccc1)c1ccccc1)P(c1ccccc1)c1ccccc1. The van der Waals surface area contributed by atoms with Gasteiger partial charge in [-0.2, -0.15) is 6.07 Å². The normalized spacial score (nSPS) is 12.4. The molecule has 0 bridgehead atoms. The van der Waals surface area contributed by atoms with E-state index in [1.54, 1.807) is 0 Å². The van der Waals surface area contributed by atoms with Crippen molar-refractivity contribution in [2.45, 2.75) is 19.9 Å². The fraction of sp³-hybridized carbons (Fsp3) is 0.121. The Morgan fingerprint density at radius 1 is 0.583 bits per heavy atom. The average molecular weight is 505 g/mol. The molecule has 0 heterocycles. The summed E-state index contributed by atoms with van der Waals surface area (Å²) in [5.41, 5.74) is 1.44. The quantitative estimate of drug-likeness (QED) is 0.162. The van der Waals surface area contributed by atoms with Gasteiger partial charge in [-0.15, -0.1) is 10.9 Å². The zero-order valence-corrected chi connectivity index (χ0v) is 22.7. The maximum atomic E-state index is 2.71. The van der Waals surface area contributed by atoms with Crippen molar-refractivity contribution >= 4 is 42.5 Å². The van der Waals surface area contributed by atoms with Crippen molar-refractivity contribution in [3.63, 3.8) is 0 Å². The first-order valence-corrected chi connectivity index (χ1v) is 15.2. The van der Waals surface area contributed by atoms with E-state index < -0.39 is 16.0 Å². The number of nitrogens with zero attached hydrogens (tertiary/aromatic N) is 1. The highest BCUT2D eigenvalue weighted by atomic mass is 31.1. The molecule has 0 amide bonds. The van der Waals surface area contributed by atoms with E-state index in [1.807, 2.05) is 0 Å².